The summed E-state index contributed by atoms with van der Waals surface area (Å²) in [7, 11) is 4.66. The van der Waals surface area contributed by atoms with E-state index in [9.17, 15) is 14.9 Å². The first-order valence-corrected chi connectivity index (χ1v) is 12.0. The van der Waals surface area contributed by atoms with E-state index in [2.05, 4.69) is 11.4 Å². The standard InChI is InChI=1S/C30H26N2O8/c1-35-21-8-4-19(5-9-21)28-25(16-31)30(40-29(28)20-6-10-22(36-2)11-7-20)32-26(33)17-39-27(34)18-38-24-14-12-23(37-3)13-15-24/h4-15H,17-18H2,1-3H3,(H,32,33). The number of carbonyl (C=O) groups excluding carboxylic acids is 2. The number of carbonyl (C=O) groups is 2. The summed E-state index contributed by atoms with van der Waals surface area (Å²) in [4.78, 5) is 24.7. The number of furan rings is 1. The van der Waals surface area contributed by atoms with Crippen LogP contribution in [0.2, 0.25) is 0 Å². The molecule has 0 bridgehead atoms. The molecular weight excluding hydrogens is 516 g/mol. The Bertz CT molecular complexity index is 1500. The van der Waals surface area contributed by atoms with Gasteiger partial charge in [-0.25, -0.2) is 4.79 Å². The van der Waals surface area contributed by atoms with E-state index in [-0.39, 0.29) is 11.4 Å². The Morgan fingerprint density at radius 3 is 1.77 bits per heavy atom. The molecule has 0 radical (unpaired) electrons. The second-order valence-electron chi connectivity index (χ2n) is 8.25. The van der Waals surface area contributed by atoms with Crippen LogP contribution in [0.3, 0.4) is 0 Å². The fourth-order valence-corrected chi connectivity index (χ4v) is 3.77. The third kappa shape index (κ3) is 6.52. The average Bonchev–Trinajstić information content (AvgIpc) is 3.37. The van der Waals surface area contributed by atoms with Gasteiger partial charge in [-0.2, -0.15) is 5.26 Å². The molecule has 10 nitrogen and oxygen atoms in total. The Labute approximate surface area is 230 Å². The summed E-state index contributed by atoms with van der Waals surface area (Å²) < 4.78 is 31.9. The van der Waals surface area contributed by atoms with E-state index in [1.165, 1.54) is 0 Å². The Balaban J connectivity index is 1.50. The first kappa shape index (κ1) is 27.6. The van der Waals surface area contributed by atoms with Crippen molar-refractivity contribution >= 4 is 17.8 Å². The highest BCUT2D eigenvalue weighted by molar-refractivity contribution is 5.96. The summed E-state index contributed by atoms with van der Waals surface area (Å²) in [5.74, 6) is 1.23. The lowest BCUT2D eigenvalue weighted by Gasteiger charge is -2.08. The molecule has 204 valence electrons. The summed E-state index contributed by atoms with van der Waals surface area (Å²) in [6.45, 7) is -1.00. The first-order valence-electron chi connectivity index (χ1n) is 12.0. The van der Waals surface area contributed by atoms with Gasteiger partial charge in [-0.1, -0.05) is 12.1 Å². The lowest BCUT2D eigenvalue weighted by molar-refractivity contribution is -0.149. The van der Waals surface area contributed by atoms with Crippen LogP contribution in [0.5, 0.6) is 23.0 Å². The average molecular weight is 543 g/mol. The lowest BCUT2D eigenvalue weighted by Crippen LogP contribution is -2.23. The van der Waals surface area contributed by atoms with Crippen molar-refractivity contribution in [3.63, 3.8) is 0 Å². The molecule has 4 rings (SSSR count). The number of amides is 1. The molecule has 0 saturated heterocycles. The number of methoxy groups -OCH3 is 3. The number of nitrogens with one attached hydrogen (secondary N) is 1. The van der Waals surface area contributed by atoms with Gasteiger partial charge < -0.3 is 28.1 Å². The van der Waals surface area contributed by atoms with Crippen LogP contribution in [0, 0.1) is 11.3 Å². The largest absolute Gasteiger partial charge is 0.497 e. The topological polar surface area (TPSA) is 129 Å². The van der Waals surface area contributed by atoms with Crippen molar-refractivity contribution in [2.24, 2.45) is 0 Å². The highest BCUT2D eigenvalue weighted by Crippen LogP contribution is 2.42. The van der Waals surface area contributed by atoms with E-state index in [1.807, 2.05) is 0 Å². The highest BCUT2D eigenvalue weighted by Gasteiger charge is 2.25. The van der Waals surface area contributed by atoms with E-state index >= 15 is 0 Å². The van der Waals surface area contributed by atoms with Gasteiger partial charge in [0.2, 0.25) is 5.88 Å². The van der Waals surface area contributed by atoms with Crippen LogP contribution in [-0.4, -0.2) is 46.4 Å². The van der Waals surface area contributed by atoms with Crippen molar-refractivity contribution in [2.75, 3.05) is 39.9 Å². The van der Waals surface area contributed by atoms with Gasteiger partial charge >= 0.3 is 5.97 Å². The van der Waals surface area contributed by atoms with E-state index in [1.54, 1.807) is 94.1 Å². The van der Waals surface area contributed by atoms with Crippen LogP contribution >= 0.6 is 0 Å². The molecule has 4 aromatic rings. The van der Waals surface area contributed by atoms with Gasteiger partial charge in [0.05, 0.1) is 21.3 Å². The number of esters is 1. The van der Waals surface area contributed by atoms with Crippen molar-refractivity contribution in [3.8, 4) is 51.5 Å². The molecule has 0 saturated carbocycles. The molecule has 1 amide bonds. The Morgan fingerprint density at radius 1 is 0.750 bits per heavy atom. The quantitative estimate of drug-likeness (QED) is 0.258. The van der Waals surface area contributed by atoms with E-state index in [4.69, 9.17) is 28.1 Å². The van der Waals surface area contributed by atoms with Gasteiger partial charge in [0.15, 0.2) is 13.2 Å². The van der Waals surface area contributed by atoms with E-state index in [0.29, 0.717) is 45.4 Å². The van der Waals surface area contributed by atoms with Gasteiger partial charge in [0, 0.05) is 11.1 Å². The fraction of sp³-hybridized carbons (Fsp3) is 0.167. The van der Waals surface area contributed by atoms with Gasteiger partial charge in [-0.3, -0.25) is 10.1 Å². The van der Waals surface area contributed by atoms with Crippen LogP contribution in [0.1, 0.15) is 5.56 Å². The summed E-state index contributed by atoms with van der Waals surface area (Å²) in [6.07, 6.45) is 0. The van der Waals surface area contributed by atoms with Crippen LogP contribution in [-0.2, 0) is 14.3 Å². The molecule has 0 unspecified atom stereocenters. The molecule has 1 aromatic heterocycles. The number of ether oxygens (including phenoxy) is 5. The molecule has 0 spiro atoms. The number of benzene rings is 3. The molecule has 1 heterocycles. The van der Waals surface area contributed by atoms with Crippen LogP contribution in [0.4, 0.5) is 5.88 Å². The Morgan fingerprint density at radius 2 is 1.25 bits per heavy atom. The lowest BCUT2D eigenvalue weighted by atomic mass is 9.98. The molecular formula is C30H26N2O8. The molecule has 0 aliphatic rings. The molecule has 0 atom stereocenters. The molecule has 40 heavy (non-hydrogen) atoms. The van der Waals surface area contributed by atoms with Crippen LogP contribution in [0.25, 0.3) is 22.5 Å². The van der Waals surface area contributed by atoms with Gasteiger partial charge in [0.25, 0.3) is 5.91 Å². The van der Waals surface area contributed by atoms with Gasteiger partial charge in [-0.15, -0.1) is 0 Å². The number of nitriles is 1. The predicted octanol–water partition coefficient (Wildman–Crippen LogP) is 5.07. The van der Waals surface area contributed by atoms with Crippen LogP contribution in [0.15, 0.2) is 77.2 Å². The predicted molar refractivity (Wildman–Crippen MR) is 145 cm³/mol. The minimum absolute atomic E-state index is 0.0744. The number of anilines is 1. The second kappa shape index (κ2) is 12.9. The molecule has 0 aliphatic heterocycles. The maximum atomic E-state index is 12.6. The Kier molecular flexibility index (Phi) is 8.89. The molecule has 10 heteroatoms. The smallest absolute Gasteiger partial charge is 0.344 e. The molecule has 0 fully saturated rings. The molecule has 3 aromatic carbocycles. The van der Waals surface area contributed by atoms with E-state index in [0.717, 1.165) is 0 Å². The minimum Gasteiger partial charge on any atom is -0.497 e. The zero-order valence-corrected chi connectivity index (χ0v) is 22.1. The number of nitrogens with zero attached hydrogens (tertiary/aromatic N) is 1. The summed E-state index contributed by atoms with van der Waals surface area (Å²) in [5, 5.41) is 12.6. The van der Waals surface area contributed by atoms with Crippen molar-refractivity contribution in [2.45, 2.75) is 0 Å². The van der Waals surface area contributed by atoms with Gasteiger partial charge in [0.1, 0.15) is 40.4 Å². The van der Waals surface area contributed by atoms with E-state index < -0.39 is 25.1 Å². The van der Waals surface area contributed by atoms with Crippen molar-refractivity contribution in [1.82, 2.24) is 0 Å². The molecule has 0 aliphatic carbocycles. The van der Waals surface area contributed by atoms with Crippen molar-refractivity contribution in [3.05, 3.63) is 78.4 Å². The third-order valence-electron chi connectivity index (χ3n) is 5.78. The maximum Gasteiger partial charge on any atom is 0.344 e. The van der Waals surface area contributed by atoms with Crippen molar-refractivity contribution < 1.29 is 37.7 Å². The summed E-state index contributed by atoms with van der Waals surface area (Å²) >= 11 is 0. The third-order valence-corrected chi connectivity index (χ3v) is 5.78. The molecule has 1 N–H and O–H groups in total. The van der Waals surface area contributed by atoms with Crippen molar-refractivity contribution in [1.29, 1.82) is 5.26 Å². The monoisotopic (exact) mass is 542 g/mol. The normalized spacial score (nSPS) is 10.2. The SMILES string of the molecule is COc1ccc(OCC(=O)OCC(=O)Nc2oc(-c3ccc(OC)cc3)c(-c3ccc(OC)cc3)c2C#N)cc1. The zero-order valence-electron chi connectivity index (χ0n) is 22.1. The number of hydrogen-bond acceptors (Lipinski definition) is 9. The second-order valence-corrected chi connectivity index (χ2v) is 8.25. The number of hydrogen-bond donors (Lipinski definition) is 1. The summed E-state index contributed by atoms with van der Waals surface area (Å²) in [5.41, 5.74) is 1.93. The zero-order chi connectivity index (χ0) is 28.5. The van der Waals surface area contributed by atoms with Gasteiger partial charge in [-0.05, 0) is 66.2 Å². The first-order chi connectivity index (χ1) is 19.4. The number of rotatable bonds is 11. The highest BCUT2D eigenvalue weighted by atomic mass is 16.6. The Hall–Kier alpha value is -5.43. The minimum atomic E-state index is -0.747. The fourth-order valence-electron chi connectivity index (χ4n) is 3.77. The van der Waals surface area contributed by atoms with Crippen LogP contribution < -0.4 is 24.3 Å². The summed E-state index contributed by atoms with van der Waals surface area (Å²) in [6, 6.07) is 22.9. The maximum absolute atomic E-state index is 12.6.